The molecule has 3 unspecified atom stereocenters. The SMILES string of the molecule is CC(C)CCC(C(C)C)N1CCN(C(=O)C(Cc2ccc(Cl)cc2)NC(=O)CC2c3ccccc3CN2C(=O)OC(C)(C)C)CC1. The van der Waals surface area contributed by atoms with Gasteiger partial charge in [-0.05, 0) is 74.3 Å². The van der Waals surface area contributed by atoms with Gasteiger partial charge in [-0.15, -0.1) is 0 Å². The smallest absolute Gasteiger partial charge is 0.411 e. The van der Waals surface area contributed by atoms with E-state index >= 15 is 0 Å². The van der Waals surface area contributed by atoms with E-state index in [1.807, 2.05) is 62.1 Å². The molecule has 1 fully saturated rings. The summed E-state index contributed by atoms with van der Waals surface area (Å²) in [5.41, 5.74) is 2.17. The molecule has 8 nitrogen and oxygen atoms in total. The van der Waals surface area contributed by atoms with Crippen LogP contribution in [-0.4, -0.2) is 76.5 Å². The molecule has 2 aliphatic heterocycles. The lowest BCUT2D eigenvalue weighted by Crippen LogP contribution is -2.57. The number of benzene rings is 2. The Morgan fingerprint density at radius 1 is 0.935 bits per heavy atom. The molecule has 3 amide bonds. The average Bonchev–Trinajstić information content (AvgIpc) is 3.35. The van der Waals surface area contributed by atoms with E-state index < -0.39 is 23.8 Å². The van der Waals surface area contributed by atoms with E-state index in [1.54, 1.807) is 17.0 Å². The summed E-state index contributed by atoms with van der Waals surface area (Å²) in [7, 11) is 0. The Balaban J connectivity index is 1.48. The van der Waals surface area contributed by atoms with Crippen molar-refractivity contribution in [1.29, 1.82) is 0 Å². The second kappa shape index (κ2) is 15.7. The third-order valence-electron chi connectivity index (χ3n) is 9.03. The van der Waals surface area contributed by atoms with Gasteiger partial charge in [-0.1, -0.05) is 75.7 Å². The fraction of sp³-hybridized carbons (Fsp3) is 0.595. The topological polar surface area (TPSA) is 82.2 Å². The molecule has 252 valence electrons. The molecule has 0 saturated carbocycles. The molecule has 1 N–H and O–H groups in total. The molecule has 0 radical (unpaired) electrons. The highest BCUT2D eigenvalue weighted by Gasteiger charge is 2.38. The summed E-state index contributed by atoms with van der Waals surface area (Å²) in [6.07, 6.45) is 2.26. The number of halogens is 1. The van der Waals surface area contributed by atoms with Crippen LogP contribution in [0.1, 0.15) is 90.5 Å². The largest absolute Gasteiger partial charge is 0.444 e. The lowest BCUT2D eigenvalue weighted by Gasteiger charge is -2.42. The Kier molecular flexibility index (Phi) is 12.2. The first-order valence-corrected chi connectivity index (χ1v) is 17.2. The van der Waals surface area contributed by atoms with Crippen molar-refractivity contribution in [2.45, 2.75) is 104 Å². The minimum Gasteiger partial charge on any atom is -0.444 e. The van der Waals surface area contributed by atoms with Crippen LogP contribution in [0.5, 0.6) is 0 Å². The van der Waals surface area contributed by atoms with Gasteiger partial charge in [0, 0.05) is 50.2 Å². The first-order valence-electron chi connectivity index (χ1n) is 16.9. The first kappa shape index (κ1) is 35.7. The Morgan fingerprint density at radius 3 is 2.20 bits per heavy atom. The zero-order chi connectivity index (χ0) is 33.6. The number of hydrogen-bond donors (Lipinski definition) is 1. The maximum atomic E-state index is 14.1. The third kappa shape index (κ3) is 9.71. The van der Waals surface area contributed by atoms with Crippen LogP contribution < -0.4 is 5.32 Å². The highest BCUT2D eigenvalue weighted by Crippen LogP contribution is 2.37. The Hall–Kier alpha value is -3.10. The third-order valence-corrected chi connectivity index (χ3v) is 9.28. The van der Waals surface area contributed by atoms with Gasteiger partial charge in [-0.2, -0.15) is 0 Å². The number of carbonyl (C=O) groups excluding carboxylic acids is 3. The highest BCUT2D eigenvalue weighted by atomic mass is 35.5. The van der Waals surface area contributed by atoms with Gasteiger partial charge in [0.2, 0.25) is 11.8 Å². The fourth-order valence-electron chi connectivity index (χ4n) is 6.62. The van der Waals surface area contributed by atoms with Crippen LogP contribution in [-0.2, 0) is 27.3 Å². The number of rotatable bonds is 11. The number of nitrogens with zero attached hydrogens (tertiary/aromatic N) is 3. The summed E-state index contributed by atoms with van der Waals surface area (Å²) in [6.45, 7) is 17.8. The van der Waals surface area contributed by atoms with E-state index in [4.69, 9.17) is 16.3 Å². The van der Waals surface area contributed by atoms with Crippen LogP contribution in [0.25, 0.3) is 0 Å². The van der Waals surface area contributed by atoms with Crippen molar-refractivity contribution in [3.63, 3.8) is 0 Å². The lowest BCUT2D eigenvalue weighted by molar-refractivity contribution is -0.138. The van der Waals surface area contributed by atoms with Crippen molar-refractivity contribution < 1.29 is 19.1 Å². The Bertz CT molecular complexity index is 1330. The van der Waals surface area contributed by atoms with E-state index in [0.717, 1.165) is 36.2 Å². The first-order chi connectivity index (χ1) is 21.7. The van der Waals surface area contributed by atoms with E-state index in [1.165, 1.54) is 6.42 Å². The Morgan fingerprint density at radius 2 is 1.59 bits per heavy atom. The van der Waals surface area contributed by atoms with Crippen molar-refractivity contribution >= 4 is 29.5 Å². The number of fused-ring (bicyclic) bond motifs is 1. The molecular formula is C37H53ClN4O4. The molecule has 0 aromatic heterocycles. The maximum absolute atomic E-state index is 14.1. The molecule has 46 heavy (non-hydrogen) atoms. The second-order valence-electron chi connectivity index (χ2n) is 14.6. The minimum atomic E-state index is -0.742. The zero-order valence-corrected chi connectivity index (χ0v) is 29.5. The van der Waals surface area contributed by atoms with Crippen LogP contribution in [0.15, 0.2) is 48.5 Å². The predicted octanol–water partition coefficient (Wildman–Crippen LogP) is 6.85. The summed E-state index contributed by atoms with van der Waals surface area (Å²) < 4.78 is 5.70. The Labute approximate surface area is 280 Å². The summed E-state index contributed by atoms with van der Waals surface area (Å²) in [6, 6.07) is 14.4. The molecular weight excluding hydrogens is 600 g/mol. The van der Waals surface area contributed by atoms with E-state index in [0.29, 0.717) is 49.0 Å². The highest BCUT2D eigenvalue weighted by molar-refractivity contribution is 6.30. The van der Waals surface area contributed by atoms with E-state index in [2.05, 4.69) is 37.9 Å². The molecule has 2 aromatic rings. The monoisotopic (exact) mass is 652 g/mol. The predicted molar refractivity (Wildman–Crippen MR) is 184 cm³/mol. The molecule has 2 aliphatic rings. The molecule has 1 saturated heterocycles. The normalized spacial score (nSPS) is 18.4. The van der Waals surface area contributed by atoms with Gasteiger partial charge in [0.1, 0.15) is 11.6 Å². The summed E-state index contributed by atoms with van der Waals surface area (Å²) >= 11 is 6.14. The summed E-state index contributed by atoms with van der Waals surface area (Å²) in [4.78, 5) is 47.1. The second-order valence-corrected chi connectivity index (χ2v) is 15.1. The molecule has 0 bridgehead atoms. The van der Waals surface area contributed by atoms with Gasteiger partial charge in [0.15, 0.2) is 0 Å². The van der Waals surface area contributed by atoms with Gasteiger partial charge >= 0.3 is 6.09 Å². The zero-order valence-electron chi connectivity index (χ0n) is 28.7. The van der Waals surface area contributed by atoms with Crippen LogP contribution in [0, 0.1) is 11.8 Å². The van der Waals surface area contributed by atoms with Crippen LogP contribution in [0.4, 0.5) is 4.79 Å². The van der Waals surface area contributed by atoms with E-state index in [-0.39, 0.29) is 18.2 Å². The molecule has 2 aromatic carbocycles. The average molecular weight is 653 g/mol. The number of ether oxygens (including phenoxy) is 1. The van der Waals surface area contributed by atoms with Crippen LogP contribution in [0.2, 0.25) is 5.02 Å². The minimum absolute atomic E-state index is 0.0281. The van der Waals surface area contributed by atoms with Gasteiger partial charge < -0.3 is 15.0 Å². The number of nitrogens with one attached hydrogen (secondary N) is 1. The number of amides is 3. The lowest BCUT2D eigenvalue weighted by atomic mass is 9.93. The molecule has 0 spiro atoms. The quantitative estimate of drug-likeness (QED) is 0.287. The van der Waals surface area contributed by atoms with Gasteiger partial charge in [0.05, 0.1) is 12.5 Å². The molecule has 0 aliphatic carbocycles. The molecule has 4 rings (SSSR count). The van der Waals surface area contributed by atoms with Crippen LogP contribution >= 0.6 is 11.6 Å². The standard InChI is InChI=1S/C37H53ClN4O4/c1-25(2)12-17-32(26(3)4)40-18-20-41(21-19-40)35(44)31(22-27-13-15-29(38)16-14-27)39-34(43)23-33-30-11-9-8-10-28(30)24-42(33)36(45)46-37(5,6)7/h8-11,13-16,25-26,31-33H,12,17-24H2,1-7H3,(H,39,43). The number of carbonyl (C=O) groups is 3. The van der Waals surface area contributed by atoms with Crippen molar-refractivity contribution in [2.75, 3.05) is 26.2 Å². The van der Waals surface area contributed by atoms with Crippen molar-refractivity contribution in [3.05, 3.63) is 70.2 Å². The number of piperazine rings is 1. The molecule has 9 heteroatoms. The van der Waals surface area contributed by atoms with E-state index in [9.17, 15) is 14.4 Å². The summed E-state index contributed by atoms with van der Waals surface area (Å²) in [5.74, 6) is 0.839. The summed E-state index contributed by atoms with van der Waals surface area (Å²) in [5, 5.41) is 3.69. The van der Waals surface area contributed by atoms with Gasteiger partial charge in [-0.25, -0.2) is 4.79 Å². The van der Waals surface area contributed by atoms with Crippen molar-refractivity contribution in [1.82, 2.24) is 20.0 Å². The molecule has 3 atom stereocenters. The van der Waals surface area contributed by atoms with Crippen molar-refractivity contribution in [2.24, 2.45) is 11.8 Å². The van der Waals surface area contributed by atoms with Crippen LogP contribution in [0.3, 0.4) is 0 Å². The molecule has 2 heterocycles. The fourth-order valence-corrected chi connectivity index (χ4v) is 6.74. The van der Waals surface area contributed by atoms with Crippen molar-refractivity contribution in [3.8, 4) is 0 Å². The number of hydrogen-bond acceptors (Lipinski definition) is 5. The van der Waals surface area contributed by atoms with Gasteiger partial charge in [0.25, 0.3) is 0 Å². The maximum Gasteiger partial charge on any atom is 0.411 e. The van der Waals surface area contributed by atoms with Gasteiger partial charge in [-0.3, -0.25) is 19.4 Å².